The van der Waals surface area contributed by atoms with Crippen LogP contribution in [0.5, 0.6) is 0 Å². The zero-order valence-corrected chi connectivity index (χ0v) is 69.7. The zero-order valence-electron chi connectivity index (χ0n) is 69.7. The highest BCUT2D eigenvalue weighted by Crippen LogP contribution is 2.34. The number of Topliss-reactive ketones (excluding diaryl/α,β-unsaturated/α-hetero) is 1. The van der Waals surface area contributed by atoms with Gasteiger partial charge in [0.15, 0.2) is 31.5 Å². The summed E-state index contributed by atoms with van der Waals surface area (Å²) >= 11 is 0. The number of ketones is 1. The Morgan fingerprint density at radius 1 is 0.345 bits per heavy atom. The number of fused-ring (bicyclic) bond motifs is 4. The molecule has 6 aliphatic heterocycles. The third-order valence-corrected chi connectivity index (χ3v) is 23.7. The molecule has 0 spiro atoms. The van der Waals surface area contributed by atoms with Crippen LogP contribution in [0.2, 0.25) is 0 Å². The van der Waals surface area contributed by atoms with Crippen LogP contribution in [0, 0.1) is 0 Å². The van der Waals surface area contributed by atoms with Crippen molar-refractivity contribution in [2.75, 3.05) is 54.4 Å². The van der Waals surface area contributed by atoms with Crippen LogP contribution in [-0.4, -0.2) is 333 Å². The lowest BCUT2D eigenvalue weighted by Crippen LogP contribution is -2.60. The summed E-state index contributed by atoms with van der Waals surface area (Å²) in [5, 5.41) is 159. The Morgan fingerprint density at radius 3 is 0.940 bits per heavy atom. The molecule has 30 atom stereocenters. The summed E-state index contributed by atoms with van der Waals surface area (Å²) in [5.41, 5.74) is 0. The molecular weight excluding hydrogens is 1520 g/mol. The minimum absolute atomic E-state index is 0.153. The van der Waals surface area contributed by atoms with E-state index in [9.17, 15) is 91.0 Å². The van der Waals surface area contributed by atoms with Gasteiger partial charge in [-0.15, -0.1) is 0 Å². The third kappa shape index (κ3) is 34.9. The molecule has 4 bridgehead atoms. The van der Waals surface area contributed by atoms with Crippen LogP contribution in [0.25, 0.3) is 0 Å². The van der Waals surface area contributed by atoms with Gasteiger partial charge in [-0.1, -0.05) is 186 Å². The summed E-state index contributed by atoms with van der Waals surface area (Å²) in [6.45, 7) is 0.888. The lowest BCUT2D eigenvalue weighted by molar-refractivity contribution is -0.316. The quantitative estimate of drug-likeness (QED) is 0.0300. The molecule has 0 saturated carbocycles. The number of carbonyl (C=O) groups is 3. The predicted octanol–water partition coefficient (Wildman–Crippen LogP) is 4.20. The van der Waals surface area contributed by atoms with Gasteiger partial charge in [0.25, 0.3) is 0 Å². The molecule has 33 nitrogen and oxygen atoms in total. The van der Waals surface area contributed by atoms with Gasteiger partial charge in [0.05, 0.1) is 63.2 Å². The number of rotatable bonds is 54. The Kier molecular flexibility index (Phi) is 50.3. The molecule has 680 valence electrons. The van der Waals surface area contributed by atoms with Crippen LogP contribution in [0.3, 0.4) is 0 Å². The number of hydrogen-bond acceptors (Lipinski definition) is 33. The number of hydrogen-bond donors (Lipinski definition) is 15. The topological polar surface area (TPSA) is 493 Å². The van der Waals surface area contributed by atoms with Crippen molar-refractivity contribution in [1.29, 1.82) is 0 Å². The SMILES string of the molecule is CO[C@H]1[C@H](OC(C)CCCCCC(CCCCCCCCCCCCCCCC2CC(=O)OC[C@H]3O[C@@H](OC(CCCCCCCCCCCCCC(CCCCCC(C)=O)O[C@@H]4O[C@H](CO)[C@@H](O)[C@H](O)[C@H]4OC)CC(=O)OC[C@@H]4O[C@H](O2)[C@@H](O)[C@@H](O)[C@H]4O)[C@H](O)[C@@H](O)[C@@H]3O)O[C@@H]2O[C@H](CO)[C@@H](O)[C@H](O)[C@H]2OC)O[C@H](CO)[C@@H](O)[C@@H]1O. The van der Waals surface area contributed by atoms with E-state index in [-0.39, 0.29) is 36.9 Å². The normalized spacial score (nSPS) is 35.3. The number of ether oxygens (including phenoxy) is 15. The maximum atomic E-state index is 13.6. The molecule has 6 fully saturated rings. The van der Waals surface area contributed by atoms with Gasteiger partial charge in [0.1, 0.15) is 141 Å². The Labute approximate surface area is 686 Å². The third-order valence-electron chi connectivity index (χ3n) is 23.7. The minimum Gasteiger partial charge on any atom is -0.463 e. The molecule has 33 heteroatoms. The van der Waals surface area contributed by atoms with Gasteiger partial charge in [-0.3, -0.25) is 9.59 Å². The average molecular weight is 1680 g/mol. The van der Waals surface area contributed by atoms with E-state index in [0.29, 0.717) is 44.9 Å². The van der Waals surface area contributed by atoms with Crippen molar-refractivity contribution in [2.45, 2.75) is 455 Å². The first-order valence-corrected chi connectivity index (χ1v) is 43.8. The Balaban J connectivity index is 0.872. The van der Waals surface area contributed by atoms with E-state index in [1.807, 2.05) is 6.92 Å². The van der Waals surface area contributed by atoms with E-state index in [4.69, 9.17) is 71.1 Å². The number of methoxy groups -OCH3 is 3. The first-order chi connectivity index (χ1) is 55.9. The standard InChI is InChI=1S/C83H150O33/c1-51(87)36-28-26-34-40-53(108-82-77(103-4)72(98)65(91)58(47-85)113-82)38-30-22-19-15-12-9-13-17-21-25-33-43-56-45-63(89)106-50-60-67(93)69(95)74(100)79(115-60)110-55(44-62(88)105-49-61-68(94)70(96)75(101)80(111-56)116-61)42-32-24-20-16-11-8-6-7-10-14-18-23-31-39-54(109-83-78(104-5)73(99)66(92)59(48-86)114-83)41-35-27-29-37-52(2)107-81-76(102-3)71(97)64(90)57(46-84)112-81/h52-61,64-86,90-101H,6-50H2,1-5H3/t52?,53?,54?,55?,56?,57-,58-,59-,60+,61-,64-,65-,66-,67+,68-,69+,70+,71+,72+,73+,74+,75-,76-,77-,78-,79+,80-,81-,82-,83-/m1/s1. The second kappa shape index (κ2) is 57.1. The Morgan fingerprint density at radius 2 is 0.629 bits per heavy atom. The smallest absolute Gasteiger partial charge is 0.308 e. The summed E-state index contributed by atoms with van der Waals surface area (Å²) in [5.74, 6) is -1.39. The van der Waals surface area contributed by atoms with Crippen LogP contribution in [0.1, 0.15) is 271 Å². The predicted molar refractivity (Wildman–Crippen MR) is 416 cm³/mol. The molecule has 0 aromatic rings. The van der Waals surface area contributed by atoms with Crippen molar-refractivity contribution in [3.8, 4) is 0 Å². The highest BCUT2D eigenvalue weighted by molar-refractivity contribution is 5.75. The van der Waals surface area contributed by atoms with Crippen molar-refractivity contribution in [3.63, 3.8) is 0 Å². The number of aliphatic hydroxyl groups excluding tert-OH is 15. The summed E-state index contributed by atoms with van der Waals surface area (Å²) in [6.07, 6.45) is -3.53. The summed E-state index contributed by atoms with van der Waals surface area (Å²) in [7, 11) is 4.21. The summed E-state index contributed by atoms with van der Waals surface area (Å²) < 4.78 is 88.2. The van der Waals surface area contributed by atoms with Crippen LogP contribution in [-0.2, 0) is 85.4 Å². The molecule has 0 aliphatic carbocycles. The van der Waals surface area contributed by atoms with E-state index in [2.05, 4.69) is 0 Å². The molecule has 116 heavy (non-hydrogen) atoms. The molecule has 0 aromatic heterocycles. The molecule has 6 heterocycles. The maximum absolute atomic E-state index is 13.6. The van der Waals surface area contributed by atoms with Crippen molar-refractivity contribution < 1.29 is 162 Å². The molecule has 6 rings (SSSR count). The van der Waals surface area contributed by atoms with Gasteiger partial charge in [0, 0.05) is 27.8 Å². The van der Waals surface area contributed by atoms with Gasteiger partial charge in [-0.05, 0) is 65.2 Å². The van der Waals surface area contributed by atoms with Crippen LogP contribution >= 0.6 is 0 Å². The summed E-state index contributed by atoms with van der Waals surface area (Å²) in [6, 6.07) is 0. The van der Waals surface area contributed by atoms with Crippen molar-refractivity contribution in [3.05, 3.63) is 0 Å². The lowest BCUT2D eigenvalue weighted by atomic mass is 9.98. The van der Waals surface area contributed by atoms with Gasteiger partial charge in [-0.2, -0.15) is 0 Å². The zero-order chi connectivity index (χ0) is 84.5. The molecule has 0 radical (unpaired) electrons. The minimum atomic E-state index is -1.77. The number of unbranched alkanes of at least 4 members (excludes halogenated alkanes) is 26. The maximum Gasteiger partial charge on any atom is 0.308 e. The van der Waals surface area contributed by atoms with E-state index in [1.54, 1.807) is 6.92 Å². The average Bonchev–Trinajstić information content (AvgIpc) is 0.834. The summed E-state index contributed by atoms with van der Waals surface area (Å²) in [4.78, 5) is 38.7. The van der Waals surface area contributed by atoms with Crippen molar-refractivity contribution in [1.82, 2.24) is 0 Å². The fourth-order valence-corrected chi connectivity index (χ4v) is 16.4. The molecule has 6 saturated heterocycles. The molecule has 6 aliphatic rings. The molecular formula is C83H150O33. The van der Waals surface area contributed by atoms with Crippen molar-refractivity contribution >= 4 is 17.7 Å². The highest BCUT2D eigenvalue weighted by Gasteiger charge is 2.51. The van der Waals surface area contributed by atoms with Gasteiger partial charge < -0.3 is 152 Å². The number of carbonyl (C=O) groups excluding carboxylic acids is 3. The van der Waals surface area contributed by atoms with E-state index >= 15 is 0 Å². The Bertz CT molecular complexity index is 2570. The second-order valence-corrected chi connectivity index (χ2v) is 33.1. The van der Waals surface area contributed by atoms with Crippen LogP contribution < -0.4 is 0 Å². The molecule has 0 aromatic carbocycles. The van der Waals surface area contributed by atoms with Gasteiger partial charge in [-0.25, -0.2) is 0 Å². The second-order valence-electron chi connectivity index (χ2n) is 33.1. The van der Waals surface area contributed by atoms with Crippen LogP contribution in [0.4, 0.5) is 0 Å². The monoisotopic (exact) mass is 1680 g/mol. The van der Waals surface area contributed by atoms with Crippen molar-refractivity contribution in [2.24, 2.45) is 0 Å². The fourth-order valence-electron chi connectivity index (χ4n) is 16.4. The molecule has 5 unspecified atom stereocenters. The number of cyclic esters (lactones) is 2. The molecule has 0 amide bonds. The van der Waals surface area contributed by atoms with Crippen LogP contribution in [0.15, 0.2) is 0 Å². The Hall–Kier alpha value is -2.51. The van der Waals surface area contributed by atoms with E-state index in [1.165, 1.54) is 21.3 Å². The fraction of sp³-hybridized carbons (Fsp3) is 0.964. The van der Waals surface area contributed by atoms with E-state index < -0.39 is 211 Å². The van der Waals surface area contributed by atoms with Gasteiger partial charge >= 0.3 is 11.9 Å². The lowest BCUT2D eigenvalue weighted by Gasteiger charge is -2.42. The first-order valence-electron chi connectivity index (χ1n) is 43.8. The first kappa shape index (κ1) is 102. The molecule has 15 N–H and O–H groups in total. The van der Waals surface area contributed by atoms with Gasteiger partial charge in [0.2, 0.25) is 0 Å². The van der Waals surface area contributed by atoms with E-state index in [0.717, 1.165) is 199 Å². The highest BCUT2D eigenvalue weighted by atomic mass is 16.8. The number of esters is 2. The number of aliphatic hydroxyl groups is 15. The largest absolute Gasteiger partial charge is 0.463 e.